The molecular weight excluding hydrogens is 276 g/mol. The molecule has 96 valence electrons. The zero-order valence-electron chi connectivity index (χ0n) is 10.1. The summed E-state index contributed by atoms with van der Waals surface area (Å²) in [5.74, 6) is -0.117. The Morgan fingerprint density at radius 3 is 2.78 bits per heavy atom. The van der Waals surface area contributed by atoms with Crippen LogP contribution >= 0.6 is 23.4 Å². The molecule has 0 saturated carbocycles. The third-order valence-corrected chi connectivity index (χ3v) is 2.90. The van der Waals surface area contributed by atoms with Gasteiger partial charge in [0, 0.05) is 7.05 Å². The van der Waals surface area contributed by atoms with Gasteiger partial charge in [0.25, 0.3) is 0 Å². The second-order valence-corrected chi connectivity index (χ2v) is 4.38. The maximum atomic E-state index is 11.2. The Balaban J connectivity index is 3.17. The van der Waals surface area contributed by atoms with Crippen LogP contribution in [0.2, 0.25) is 5.15 Å². The number of esters is 1. The first kappa shape index (κ1) is 14.5. The molecule has 0 fully saturated rings. The summed E-state index contributed by atoms with van der Waals surface area (Å²) in [5.41, 5.74) is 0.140. The number of anilines is 1. The fraction of sp³-hybridized carbons (Fsp3) is 0.400. The molecule has 0 aliphatic rings. The van der Waals surface area contributed by atoms with Gasteiger partial charge in [-0.3, -0.25) is 4.79 Å². The van der Waals surface area contributed by atoms with Gasteiger partial charge in [-0.25, -0.2) is 9.97 Å². The molecule has 0 spiro atoms. The van der Waals surface area contributed by atoms with Gasteiger partial charge in [-0.05, 0) is 6.26 Å². The second kappa shape index (κ2) is 6.42. The number of carbonyl (C=O) groups is 1. The van der Waals surface area contributed by atoms with Crippen LogP contribution in [-0.4, -0.2) is 42.9 Å². The minimum absolute atomic E-state index is 0.0215. The van der Waals surface area contributed by atoms with Crippen LogP contribution in [0.4, 0.5) is 5.82 Å². The zero-order chi connectivity index (χ0) is 13.7. The number of likely N-dealkylation sites (N-methyl/N-ethyl adjacent to an activating group) is 1. The SMILES string of the molecule is COC(=O)CN(C)c1nc(SC)nc(Cl)c1C#N. The summed E-state index contributed by atoms with van der Waals surface area (Å²) in [7, 11) is 2.92. The lowest BCUT2D eigenvalue weighted by molar-refractivity contribution is -0.138. The van der Waals surface area contributed by atoms with Crippen LogP contribution in [0.25, 0.3) is 0 Å². The molecule has 6 nitrogen and oxygen atoms in total. The van der Waals surface area contributed by atoms with Gasteiger partial charge in [-0.15, -0.1) is 0 Å². The van der Waals surface area contributed by atoms with Crippen LogP contribution in [0.15, 0.2) is 5.16 Å². The number of halogens is 1. The second-order valence-electron chi connectivity index (χ2n) is 3.24. The van der Waals surface area contributed by atoms with Crippen LogP contribution in [0.3, 0.4) is 0 Å². The Morgan fingerprint density at radius 2 is 2.28 bits per heavy atom. The quantitative estimate of drug-likeness (QED) is 0.357. The number of ether oxygens (including phenoxy) is 1. The summed E-state index contributed by atoms with van der Waals surface area (Å²) in [5, 5.41) is 9.55. The van der Waals surface area contributed by atoms with E-state index in [0.29, 0.717) is 11.0 Å². The highest BCUT2D eigenvalue weighted by Gasteiger charge is 2.18. The van der Waals surface area contributed by atoms with Crippen molar-refractivity contribution in [3.05, 3.63) is 10.7 Å². The first-order valence-electron chi connectivity index (χ1n) is 4.83. The van der Waals surface area contributed by atoms with Gasteiger partial charge in [0.2, 0.25) is 0 Å². The summed E-state index contributed by atoms with van der Waals surface area (Å²) in [4.78, 5) is 20.8. The van der Waals surface area contributed by atoms with E-state index in [1.54, 1.807) is 13.3 Å². The third kappa shape index (κ3) is 3.24. The monoisotopic (exact) mass is 286 g/mol. The first-order chi connectivity index (χ1) is 8.53. The molecule has 0 N–H and O–H groups in total. The highest BCUT2D eigenvalue weighted by Crippen LogP contribution is 2.25. The minimum atomic E-state index is -0.429. The molecule has 0 atom stereocenters. The van der Waals surface area contributed by atoms with Crippen LogP contribution in [0, 0.1) is 11.3 Å². The average molecular weight is 287 g/mol. The lowest BCUT2D eigenvalue weighted by Crippen LogP contribution is -2.28. The van der Waals surface area contributed by atoms with Crippen LogP contribution in [0.1, 0.15) is 5.56 Å². The summed E-state index contributed by atoms with van der Waals surface area (Å²) in [6, 6.07) is 1.93. The fourth-order valence-corrected chi connectivity index (χ4v) is 1.82. The number of aromatic nitrogens is 2. The Labute approximate surface area is 114 Å². The number of rotatable bonds is 4. The molecule has 1 heterocycles. The molecule has 1 rings (SSSR count). The van der Waals surface area contributed by atoms with Gasteiger partial charge in [0.05, 0.1) is 7.11 Å². The van der Waals surface area contributed by atoms with Crippen molar-refractivity contribution in [1.82, 2.24) is 9.97 Å². The molecule has 0 unspecified atom stereocenters. The zero-order valence-corrected chi connectivity index (χ0v) is 11.7. The summed E-state index contributed by atoms with van der Waals surface area (Å²) >= 11 is 7.20. The van der Waals surface area contributed by atoms with E-state index >= 15 is 0 Å². The van der Waals surface area contributed by atoms with Gasteiger partial charge in [0.15, 0.2) is 16.1 Å². The van der Waals surface area contributed by atoms with Crippen molar-refractivity contribution in [2.24, 2.45) is 0 Å². The van der Waals surface area contributed by atoms with Crippen molar-refractivity contribution < 1.29 is 9.53 Å². The molecule has 1 aromatic rings. The molecule has 0 radical (unpaired) electrons. The first-order valence-corrected chi connectivity index (χ1v) is 6.43. The van der Waals surface area contributed by atoms with Crippen LogP contribution < -0.4 is 4.90 Å². The number of methoxy groups -OCH3 is 1. The van der Waals surface area contributed by atoms with E-state index in [1.165, 1.54) is 23.8 Å². The number of hydrogen-bond acceptors (Lipinski definition) is 7. The Hall–Kier alpha value is -1.52. The van der Waals surface area contributed by atoms with Gasteiger partial charge in [0.1, 0.15) is 18.2 Å². The molecule has 8 heteroatoms. The predicted molar refractivity (Wildman–Crippen MR) is 68.8 cm³/mol. The highest BCUT2D eigenvalue weighted by molar-refractivity contribution is 7.98. The number of carbonyl (C=O) groups excluding carboxylic acids is 1. The fourth-order valence-electron chi connectivity index (χ4n) is 1.20. The van der Waals surface area contributed by atoms with Crippen molar-refractivity contribution >= 4 is 35.1 Å². The molecular formula is C10H11ClN4O2S. The Bertz CT molecular complexity index is 503. The number of hydrogen-bond donors (Lipinski definition) is 0. The van der Waals surface area contributed by atoms with E-state index in [1.807, 2.05) is 6.07 Å². The standard InChI is InChI=1S/C10H11ClN4O2S/c1-15(5-7(16)17-2)9-6(4-12)8(11)13-10(14-9)18-3/h5H2,1-3H3. The van der Waals surface area contributed by atoms with Crippen LogP contribution in [-0.2, 0) is 9.53 Å². The number of thioether (sulfide) groups is 1. The molecule has 0 saturated heterocycles. The maximum Gasteiger partial charge on any atom is 0.325 e. The molecule has 1 aromatic heterocycles. The van der Waals surface area contributed by atoms with Crippen molar-refractivity contribution in [1.29, 1.82) is 5.26 Å². The van der Waals surface area contributed by atoms with E-state index in [9.17, 15) is 4.79 Å². The van der Waals surface area contributed by atoms with Crippen LogP contribution in [0.5, 0.6) is 0 Å². The molecule has 0 aliphatic carbocycles. The topological polar surface area (TPSA) is 79.1 Å². The lowest BCUT2D eigenvalue weighted by atomic mass is 10.3. The summed E-state index contributed by atoms with van der Waals surface area (Å²) in [6.07, 6.45) is 1.79. The van der Waals surface area contributed by atoms with Gasteiger partial charge >= 0.3 is 5.97 Å². The van der Waals surface area contributed by atoms with E-state index in [-0.39, 0.29) is 17.3 Å². The largest absolute Gasteiger partial charge is 0.468 e. The molecule has 0 aromatic carbocycles. The van der Waals surface area contributed by atoms with Gasteiger partial charge in [-0.2, -0.15) is 5.26 Å². The summed E-state index contributed by atoms with van der Waals surface area (Å²) < 4.78 is 4.56. The van der Waals surface area contributed by atoms with E-state index in [4.69, 9.17) is 16.9 Å². The van der Waals surface area contributed by atoms with E-state index < -0.39 is 5.97 Å². The number of nitrogens with zero attached hydrogens (tertiary/aromatic N) is 4. The minimum Gasteiger partial charge on any atom is -0.468 e. The Morgan fingerprint density at radius 1 is 1.61 bits per heavy atom. The molecule has 0 aliphatic heterocycles. The third-order valence-electron chi connectivity index (χ3n) is 2.08. The smallest absolute Gasteiger partial charge is 0.325 e. The molecule has 18 heavy (non-hydrogen) atoms. The van der Waals surface area contributed by atoms with E-state index in [2.05, 4.69) is 14.7 Å². The normalized spacial score (nSPS) is 9.72. The van der Waals surface area contributed by atoms with Crippen molar-refractivity contribution in [2.75, 3.05) is 31.9 Å². The molecule has 0 amide bonds. The van der Waals surface area contributed by atoms with Gasteiger partial charge in [-0.1, -0.05) is 23.4 Å². The lowest BCUT2D eigenvalue weighted by Gasteiger charge is -2.18. The Kier molecular flexibility index (Phi) is 5.19. The highest BCUT2D eigenvalue weighted by atomic mass is 35.5. The maximum absolute atomic E-state index is 11.2. The van der Waals surface area contributed by atoms with Crippen molar-refractivity contribution in [3.63, 3.8) is 0 Å². The number of nitriles is 1. The average Bonchev–Trinajstić information content (AvgIpc) is 2.37. The van der Waals surface area contributed by atoms with Gasteiger partial charge < -0.3 is 9.64 Å². The van der Waals surface area contributed by atoms with E-state index in [0.717, 1.165) is 0 Å². The molecule has 0 bridgehead atoms. The summed E-state index contributed by atoms with van der Waals surface area (Å²) in [6.45, 7) is -0.0215. The van der Waals surface area contributed by atoms with Crippen molar-refractivity contribution in [3.8, 4) is 6.07 Å². The van der Waals surface area contributed by atoms with Crippen molar-refractivity contribution in [2.45, 2.75) is 5.16 Å². The predicted octanol–water partition coefficient (Wildman–Crippen LogP) is 1.33.